The summed E-state index contributed by atoms with van der Waals surface area (Å²) >= 11 is 5.79. The number of carbonyl (C=O) groups excluding carboxylic acids is 1. The van der Waals surface area contributed by atoms with Crippen LogP contribution in [0.1, 0.15) is 18.4 Å². The highest BCUT2D eigenvalue weighted by atomic mass is 35.5. The highest BCUT2D eigenvalue weighted by molar-refractivity contribution is 6.30. The molecule has 0 spiro atoms. The van der Waals surface area contributed by atoms with Gasteiger partial charge in [-0.2, -0.15) is 0 Å². The summed E-state index contributed by atoms with van der Waals surface area (Å²) in [6.07, 6.45) is 2.29. The van der Waals surface area contributed by atoms with Gasteiger partial charge < -0.3 is 10.1 Å². The zero-order valence-corrected chi connectivity index (χ0v) is 10.8. The number of hydrogen-bond acceptors (Lipinski definition) is 2. The van der Waals surface area contributed by atoms with Gasteiger partial charge in [0, 0.05) is 25.1 Å². The van der Waals surface area contributed by atoms with E-state index in [2.05, 4.69) is 5.32 Å². The minimum absolute atomic E-state index is 0.0796. The number of methoxy groups -OCH3 is 1. The van der Waals surface area contributed by atoms with Crippen LogP contribution in [0.2, 0.25) is 5.02 Å². The molecule has 0 bridgehead atoms. The lowest BCUT2D eigenvalue weighted by molar-refractivity contribution is -0.121. The molecule has 0 aliphatic rings. The summed E-state index contributed by atoms with van der Waals surface area (Å²) in [7, 11) is 1.62. The maximum atomic E-state index is 11.4. The van der Waals surface area contributed by atoms with Gasteiger partial charge in [-0.25, -0.2) is 0 Å². The minimum Gasteiger partial charge on any atom is -0.383 e. The zero-order chi connectivity index (χ0) is 12.5. The van der Waals surface area contributed by atoms with Crippen LogP contribution in [0.15, 0.2) is 24.3 Å². The Labute approximate surface area is 107 Å². The average Bonchev–Trinajstić information content (AvgIpc) is 2.32. The maximum Gasteiger partial charge on any atom is 0.220 e. The van der Waals surface area contributed by atoms with Crippen LogP contribution in [-0.4, -0.2) is 26.2 Å². The monoisotopic (exact) mass is 255 g/mol. The third-order valence-corrected chi connectivity index (χ3v) is 2.66. The number of carbonyl (C=O) groups is 1. The molecular weight excluding hydrogens is 238 g/mol. The lowest BCUT2D eigenvalue weighted by atomic mass is 10.1. The van der Waals surface area contributed by atoms with Crippen LogP contribution >= 0.6 is 11.6 Å². The van der Waals surface area contributed by atoms with Gasteiger partial charge in [-0.1, -0.05) is 23.7 Å². The predicted octanol–water partition coefficient (Wildman–Crippen LogP) is 2.43. The third kappa shape index (κ3) is 6.29. The molecule has 1 aromatic carbocycles. The average molecular weight is 256 g/mol. The quantitative estimate of drug-likeness (QED) is 0.760. The Hall–Kier alpha value is -1.06. The number of nitrogens with one attached hydrogen (secondary N) is 1. The van der Waals surface area contributed by atoms with Gasteiger partial charge in [0.05, 0.1) is 6.61 Å². The molecule has 3 nitrogen and oxygen atoms in total. The van der Waals surface area contributed by atoms with Crippen molar-refractivity contribution in [2.24, 2.45) is 0 Å². The first-order chi connectivity index (χ1) is 8.22. The molecule has 0 aliphatic heterocycles. The van der Waals surface area contributed by atoms with Crippen LogP contribution in [0.4, 0.5) is 0 Å². The molecule has 0 atom stereocenters. The van der Waals surface area contributed by atoms with Crippen molar-refractivity contribution >= 4 is 17.5 Å². The van der Waals surface area contributed by atoms with E-state index in [1.54, 1.807) is 7.11 Å². The van der Waals surface area contributed by atoms with Gasteiger partial charge in [0.2, 0.25) is 5.91 Å². The summed E-state index contributed by atoms with van der Waals surface area (Å²) in [5.74, 6) is 0.0796. The number of aryl methyl sites for hydroxylation is 1. The first-order valence-corrected chi connectivity index (χ1v) is 6.10. The Morgan fingerprint density at radius 1 is 1.35 bits per heavy atom. The molecule has 0 aromatic heterocycles. The molecule has 4 heteroatoms. The first-order valence-electron chi connectivity index (χ1n) is 5.72. The second kappa shape index (κ2) is 8.09. The van der Waals surface area contributed by atoms with Crippen molar-refractivity contribution < 1.29 is 9.53 Å². The molecule has 0 aliphatic carbocycles. The molecule has 1 N–H and O–H groups in total. The topological polar surface area (TPSA) is 38.3 Å². The Bertz CT molecular complexity index is 338. The smallest absolute Gasteiger partial charge is 0.220 e. The van der Waals surface area contributed by atoms with Gasteiger partial charge in [-0.3, -0.25) is 4.79 Å². The highest BCUT2D eigenvalue weighted by Gasteiger charge is 2.00. The zero-order valence-electron chi connectivity index (χ0n) is 10.0. The van der Waals surface area contributed by atoms with Crippen molar-refractivity contribution in [3.8, 4) is 0 Å². The van der Waals surface area contributed by atoms with Crippen LogP contribution in [0, 0.1) is 0 Å². The molecule has 0 saturated carbocycles. The highest BCUT2D eigenvalue weighted by Crippen LogP contribution is 2.11. The van der Waals surface area contributed by atoms with Crippen molar-refractivity contribution in [2.75, 3.05) is 20.3 Å². The fraction of sp³-hybridized carbons (Fsp3) is 0.462. The van der Waals surface area contributed by atoms with Crippen molar-refractivity contribution in [3.63, 3.8) is 0 Å². The van der Waals surface area contributed by atoms with E-state index < -0.39 is 0 Å². The molecule has 0 heterocycles. The van der Waals surface area contributed by atoms with E-state index >= 15 is 0 Å². The van der Waals surface area contributed by atoms with Gasteiger partial charge in [-0.05, 0) is 30.5 Å². The summed E-state index contributed by atoms with van der Waals surface area (Å²) in [5.41, 5.74) is 1.21. The van der Waals surface area contributed by atoms with Crippen LogP contribution in [0.5, 0.6) is 0 Å². The van der Waals surface area contributed by atoms with Gasteiger partial charge >= 0.3 is 0 Å². The molecule has 1 amide bonds. The van der Waals surface area contributed by atoms with E-state index in [1.807, 2.05) is 24.3 Å². The van der Waals surface area contributed by atoms with Gasteiger partial charge in [0.1, 0.15) is 0 Å². The predicted molar refractivity (Wildman–Crippen MR) is 69.3 cm³/mol. The minimum atomic E-state index is 0.0796. The van der Waals surface area contributed by atoms with Crippen molar-refractivity contribution in [1.82, 2.24) is 5.32 Å². The van der Waals surface area contributed by atoms with Crippen LogP contribution < -0.4 is 5.32 Å². The van der Waals surface area contributed by atoms with E-state index in [-0.39, 0.29) is 5.91 Å². The Kier molecular flexibility index (Phi) is 6.67. The molecular formula is C13H18ClNO2. The van der Waals surface area contributed by atoms with E-state index in [0.717, 1.165) is 17.9 Å². The van der Waals surface area contributed by atoms with Crippen LogP contribution in [0.25, 0.3) is 0 Å². The summed E-state index contributed by atoms with van der Waals surface area (Å²) in [6.45, 7) is 1.14. The Balaban J connectivity index is 2.14. The van der Waals surface area contributed by atoms with Gasteiger partial charge in [0.25, 0.3) is 0 Å². The second-order valence-corrected chi connectivity index (χ2v) is 4.26. The molecule has 0 fully saturated rings. The number of benzene rings is 1. The largest absolute Gasteiger partial charge is 0.383 e. The SMILES string of the molecule is COCCNC(=O)CCCc1ccc(Cl)cc1. The number of hydrogen-bond donors (Lipinski definition) is 1. The normalized spacial score (nSPS) is 10.2. The molecule has 0 unspecified atom stereocenters. The van der Waals surface area contributed by atoms with E-state index in [1.165, 1.54) is 5.56 Å². The number of amides is 1. The third-order valence-electron chi connectivity index (χ3n) is 2.41. The van der Waals surface area contributed by atoms with E-state index in [0.29, 0.717) is 19.6 Å². The lowest BCUT2D eigenvalue weighted by Gasteiger charge is -2.04. The lowest BCUT2D eigenvalue weighted by Crippen LogP contribution is -2.26. The summed E-state index contributed by atoms with van der Waals surface area (Å²) in [5, 5.41) is 3.54. The summed E-state index contributed by atoms with van der Waals surface area (Å²) in [6, 6.07) is 7.72. The number of ether oxygens (including phenoxy) is 1. The van der Waals surface area contributed by atoms with E-state index in [4.69, 9.17) is 16.3 Å². The van der Waals surface area contributed by atoms with Crippen LogP contribution in [-0.2, 0) is 16.0 Å². The summed E-state index contributed by atoms with van der Waals surface area (Å²) < 4.78 is 4.85. The first kappa shape index (κ1) is 14.0. The second-order valence-electron chi connectivity index (χ2n) is 3.82. The van der Waals surface area contributed by atoms with Crippen LogP contribution in [0.3, 0.4) is 0 Å². The van der Waals surface area contributed by atoms with Gasteiger partial charge in [0.15, 0.2) is 0 Å². The summed E-state index contributed by atoms with van der Waals surface area (Å²) in [4.78, 5) is 11.4. The number of halogens is 1. The van der Waals surface area contributed by atoms with Crippen molar-refractivity contribution in [2.45, 2.75) is 19.3 Å². The maximum absolute atomic E-state index is 11.4. The fourth-order valence-corrected chi connectivity index (χ4v) is 1.61. The standard InChI is InChI=1S/C13H18ClNO2/c1-17-10-9-15-13(16)4-2-3-11-5-7-12(14)8-6-11/h5-8H,2-4,9-10H2,1H3,(H,15,16). The Morgan fingerprint density at radius 3 is 2.71 bits per heavy atom. The van der Waals surface area contributed by atoms with Gasteiger partial charge in [-0.15, -0.1) is 0 Å². The fourth-order valence-electron chi connectivity index (χ4n) is 1.49. The molecule has 1 rings (SSSR count). The van der Waals surface area contributed by atoms with Crippen molar-refractivity contribution in [1.29, 1.82) is 0 Å². The Morgan fingerprint density at radius 2 is 2.06 bits per heavy atom. The molecule has 17 heavy (non-hydrogen) atoms. The molecule has 1 aromatic rings. The molecule has 94 valence electrons. The molecule has 0 saturated heterocycles. The molecule has 0 radical (unpaired) electrons. The number of rotatable bonds is 7. The van der Waals surface area contributed by atoms with E-state index in [9.17, 15) is 4.79 Å². The van der Waals surface area contributed by atoms with Crippen molar-refractivity contribution in [3.05, 3.63) is 34.9 Å².